The molecule has 0 aliphatic rings. The summed E-state index contributed by atoms with van der Waals surface area (Å²) in [5.41, 5.74) is 9.52. The van der Waals surface area contributed by atoms with Crippen LogP contribution in [0.4, 0.5) is 0 Å². The van der Waals surface area contributed by atoms with Gasteiger partial charge in [0.1, 0.15) is 6.23 Å². The van der Waals surface area contributed by atoms with E-state index in [1.165, 1.54) is 0 Å². The molecule has 2 atom stereocenters. The van der Waals surface area contributed by atoms with Crippen molar-refractivity contribution in [1.82, 2.24) is 0 Å². The molecule has 0 rings (SSSR count). The largest absolute Gasteiger partial charge is 0.481 e. The molecule has 0 aliphatic heterocycles. The standard InChI is InChI=1S/C4H6O7S.C2H8N2O/c5-3(6)1-2(4(7)8)12(9,10)11;3-1-2(4)5/h2H,1H2,(H,5,6)(H,7,8)(H,9,10,11);2,5H,1,3-4H2. The van der Waals surface area contributed by atoms with Gasteiger partial charge in [0, 0.05) is 6.54 Å². The Kier molecular flexibility index (Phi) is 8.43. The van der Waals surface area contributed by atoms with Gasteiger partial charge >= 0.3 is 11.9 Å². The third-order valence-corrected chi connectivity index (χ3v) is 2.32. The van der Waals surface area contributed by atoms with Crippen molar-refractivity contribution in [3.8, 4) is 0 Å². The Hall–Kier alpha value is -1.27. The van der Waals surface area contributed by atoms with Gasteiger partial charge in [0.2, 0.25) is 0 Å². The third kappa shape index (κ3) is 11.0. The first-order valence-corrected chi connectivity index (χ1v) is 5.57. The monoisotopic (exact) mass is 274 g/mol. The fourth-order valence-electron chi connectivity index (χ4n) is 0.479. The average molecular weight is 274 g/mol. The van der Waals surface area contributed by atoms with E-state index < -0.39 is 40.0 Å². The van der Waals surface area contributed by atoms with Crippen molar-refractivity contribution in [3.63, 3.8) is 0 Å². The molecule has 0 aromatic rings. The maximum absolute atomic E-state index is 10.2. The van der Waals surface area contributed by atoms with Crippen molar-refractivity contribution in [1.29, 1.82) is 0 Å². The number of aliphatic hydroxyl groups is 1. The predicted octanol–water partition coefficient (Wildman–Crippen LogP) is -2.98. The van der Waals surface area contributed by atoms with E-state index in [0.717, 1.165) is 0 Å². The number of carboxylic acids is 2. The van der Waals surface area contributed by atoms with Crippen LogP contribution in [0.15, 0.2) is 0 Å². The van der Waals surface area contributed by atoms with Crippen LogP contribution >= 0.6 is 0 Å². The molecule has 17 heavy (non-hydrogen) atoms. The minimum atomic E-state index is -4.84. The molecule has 102 valence electrons. The van der Waals surface area contributed by atoms with Crippen LogP contribution in [-0.2, 0) is 19.7 Å². The predicted molar refractivity (Wildman–Crippen MR) is 54.5 cm³/mol. The molecule has 0 heterocycles. The maximum Gasteiger partial charge on any atom is 0.325 e. The van der Waals surface area contributed by atoms with Gasteiger partial charge in [0.05, 0.1) is 6.42 Å². The van der Waals surface area contributed by atoms with Crippen LogP contribution < -0.4 is 11.5 Å². The highest BCUT2D eigenvalue weighted by Crippen LogP contribution is 2.04. The second-order valence-electron chi connectivity index (χ2n) is 2.74. The summed E-state index contributed by atoms with van der Waals surface area (Å²) in [6.45, 7) is 0.139. The number of aliphatic hydroxyl groups excluding tert-OH is 1. The van der Waals surface area contributed by atoms with Crippen LogP contribution in [0.1, 0.15) is 6.42 Å². The highest BCUT2D eigenvalue weighted by Gasteiger charge is 2.33. The first kappa shape index (κ1) is 18.1. The lowest BCUT2D eigenvalue weighted by atomic mass is 10.3. The normalized spacial score (nSPS) is 14.1. The van der Waals surface area contributed by atoms with Crippen LogP contribution in [-0.4, -0.2) is 58.3 Å². The highest BCUT2D eigenvalue weighted by molar-refractivity contribution is 7.87. The zero-order valence-electron chi connectivity index (χ0n) is 8.55. The van der Waals surface area contributed by atoms with Crippen LogP contribution in [0.2, 0.25) is 0 Å². The summed E-state index contributed by atoms with van der Waals surface area (Å²) in [6, 6.07) is 0. The SMILES string of the molecule is NCC(N)O.O=C(O)CC(C(=O)O)S(=O)(=O)O. The molecule has 0 bridgehead atoms. The van der Waals surface area contributed by atoms with E-state index in [0.29, 0.717) is 0 Å². The molecule has 0 spiro atoms. The molecular formula is C6H14N2O8S. The van der Waals surface area contributed by atoms with Crippen molar-refractivity contribution >= 4 is 22.1 Å². The molecule has 0 aromatic carbocycles. The van der Waals surface area contributed by atoms with Gasteiger partial charge in [-0.05, 0) is 0 Å². The fraction of sp³-hybridized carbons (Fsp3) is 0.667. The average Bonchev–Trinajstić information content (AvgIpc) is 2.12. The van der Waals surface area contributed by atoms with E-state index in [1.807, 2.05) is 0 Å². The van der Waals surface area contributed by atoms with E-state index in [-0.39, 0.29) is 6.54 Å². The summed E-state index contributed by atoms with van der Waals surface area (Å²) in [5, 5.41) is 21.9. The molecule has 0 amide bonds. The van der Waals surface area contributed by atoms with Crippen molar-refractivity contribution in [2.45, 2.75) is 17.9 Å². The fourth-order valence-corrected chi connectivity index (χ4v) is 1.09. The topological polar surface area (TPSA) is 201 Å². The first-order valence-electron chi connectivity index (χ1n) is 4.07. The minimum Gasteiger partial charge on any atom is -0.481 e. The van der Waals surface area contributed by atoms with Crippen LogP contribution in [0.25, 0.3) is 0 Å². The van der Waals surface area contributed by atoms with Gasteiger partial charge in [-0.15, -0.1) is 0 Å². The molecular weight excluding hydrogens is 260 g/mol. The summed E-state index contributed by atoms with van der Waals surface area (Å²) >= 11 is 0. The lowest BCUT2D eigenvalue weighted by Gasteiger charge is -2.04. The molecule has 0 saturated carbocycles. The van der Waals surface area contributed by atoms with Crippen LogP contribution in [0.5, 0.6) is 0 Å². The number of nitrogens with two attached hydrogens (primary N) is 2. The summed E-state index contributed by atoms with van der Waals surface area (Å²) < 4.78 is 28.7. The number of hydrogen-bond donors (Lipinski definition) is 6. The van der Waals surface area contributed by atoms with Crippen LogP contribution in [0, 0.1) is 0 Å². The van der Waals surface area contributed by atoms with Crippen molar-refractivity contribution in [2.24, 2.45) is 11.5 Å². The molecule has 0 aliphatic carbocycles. The summed E-state index contributed by atoms with van der Waals surface area (Å²) in [5.74, 6) is -3.50. The second-order valence-corrected chi connectivity index (χ2v) is 4.34. The summed E-state index contributed by atoms with van der Waals surface area (Å²) in [6.07, 6.45) is -2.00. The highest BCUT2D eigenvalue weighted by atomic mass is 32.2. The Bertz CT molecular complexity index is 351. The minimum absolute atomic E-state index is 0.139. The van der Waals surface area contributed by atoms with Gasteiger partial charge in [0.25, 0.3) is 10.1 Å². The number of carboxylic acid groups (broad SMARTS) is 2. The zero-order chi connectivity index (χ0) is 14.2. The van der Waals surface area contributed by atoms with Gasteiger partial charge in [-0.1, -0.05) is 0 Å². The molecule has 0 saturated heterocycles. The van der Waals surface area contributed by atoms with E-state index >= 15 is 0 Å². The van der Waals surface area contributed by atoms with E-state index in [1.54, 1.807) is 0 Å². The molecule has 0 fully saturated rings. The molecule has 2 unspecified atom stereocenters. The Labute approximate surface area is 96.6 Å². The van der Waals surface area contributed by atoms with Gasteiger partial charge in [0.15, 0.2) is 5.25 Å². The Balaban J connectivity index is 0. The second kappa shape index (κ2) is 7.92. The molecule has 0 radical (unpaired) electrons. The lowest BCUT2D eigenvalue weighted by molar-refractivity contribution is -0.143. The third-order valence-electron chi connectivity index (χ3n) is 1.24. The summed E-state index contributed by atoms with van der Waals surface area (Å²) in [4.78, 5) is 20.0. The van der Waals surface area contributed by atoms with Crippen LogP contribution in [0.3, 0.4) is 0 Å². The number of rotatable bonds is 5. The van der Waals surface area contributed by atoms with Crippen molar-refractivity contribution < 1.29 is 37.9 Å². The quantitative estimate of drug-likeness (QED) is 0.222. The van der Waals surface area contributed by atoms with Gasteiger partial charge in [-0.2, -0.15) is 8.42 Å². The lowest BCUT2D eigenvalue weighted by Crippen LogP contribution is -2.31. The number of carbonyl (C=O) groups is 2. The van der Waals surface area contributed by atoms with E-state index in [2.05, 4.69) is 0 Å². The molecule has 8 N–H and O–H groups in total. The molecule has 10 nitrogen and oxygen atoms in total. The molecule has 0 aromatic heterocycles. The number of hydrogen-bond acceptors (Lipinski definition) is 7. The van der Waals surface area contributed by atoms with E-state index in [9.17, 15) is 18.0 Å². The van der Waals surface area contributed by atoms with Gasteiger partial charge in [-0.25, -0.2) is 0 Å². The first-order chi connectivity index (χ1) is 7.52. The molecule has 11 heteroatoms. The summed E-state index contributed by atoms with van der Waals surface area (Å²) in [7, 11) is -4.84. The Morgan fingerprint density at radius 1 is 1.24 bits per heavy atom. The van der Waals surface area contributed by atoms with Crippen molar-refractivity contribution in [2.75, 3.05) is 6.54 Å². The maximum atomic E-state index is 10.2. The van der Waals surface area contributed by atoms with E-state index in [4.69, 9.17) is 31.3 Å². The van der Waals surface area contributed by atoms with Gasteiger partial charge < -0.3 is 26.8 Å². The smallest absolute Gasteiger partial charge is 0.325 e. The number of aliphatic carboxylic acids is 2. The zero-order valence-corrected chi connectivity index (χ0v) is 9.37. The van der Waals surface area contributed by atoms with Crippen molar-refractivity contribution in [3.05, 3.63) is 0 Å². The Morgan fingerprint density at radius 2 is 1.59 bits per heavy atom. The Morgan fingerprint density at radius 3 is 1.65 bits per heavy atom. The van der Waals surface area contributed by atoms with Gasteiger partial charge in [-0.3, -0.25) is 14.1 Å².